The normalized spacial score (nSPS) is 21.8. The maximum Gasteiger partial charge on any atom is 0.270 e. The highest BCUT2D eigenvalue weighted by molar-refractivity contribution is 5.95. The molecule has 5 nitrogen and oxygen atoms in total. The van der Waals surface area contributed by atoms with Crippen LogP contribution < -0.4 is 5.32 Å². The molecular formula is C19H25N3O2. The van der Waals surface area contributed by atoms with Gasteiger partial charge in [-0.1, -0.05) is 33.8 Å². The summed E-state index contributed by atoms with van der Waals surface area (Å²) < 4.78 is 2.05. The van der Waals surface area contributed by atoms with Crippen molar-refractivity contribution < 1.29 is 4.92 Å². The van der Waals surface area contributed by atoms with E-state index in [1.54, 1.807) is 12.1 Å². The summed E-state index contributed by atoms with van der Waals surface area (Å²) in [5.41, 5.74) is 3.70. The number of fused-ring (bicyclic) bond motifs is 1. The molecule has 1 aliphatic rings. The van der Waals surface area contributed by atoms with Crippen LogP contribution in [0.15, 0.2) is 30.5 Å². The molecule has 1 aromatic carbocycles. The molecule has 3 rings (SSSR count). The molecule has 2 heterocycles. The first-order chi connectivity index (χ1) is 11.2. The van der Waals surface area contributed by atoms with E-state index in [0.717, 1.165) is 23.0 Å². The fourth-order valence-electron chi connectivity index (χ4n) is 3.97. The van der Waals surface area contributed by atoms with Gasteiger partial charge in [-0.25, -0.2) is 0 Å². The first-order valence-corrected chi connectivity index (χ1v) is 8.37. The molecule has 0 amide bonds. The standard InChI is InChI=1S/C19H25N3O2/c1-12-14(8-9-20-18(12)19(2,3)4)16-11-21(5)17-7-6-13(22(23)24)10-15(16)17/h6-8,10-12,18,20H,9H2,1-5H3. The molecule has 1 aromatic heterocycles. The van der Waals surface area contributed by atoms with E-state index in [0.29, 0.717) is 12.0 Å². The molecule has 2 atom stereocenters. The summed E-state index contributed by atoms with van der Waals surface area (Å²) in [6.07, 6.45) is 4.32. The Morgan fingerprint density at radius 3 is 2.67 bits per heavy atom. The third kappa shape index (κ3) is 2.73. The van der Waals surface area contributed by atoms with Crippen LogP contribution in [0, 0.1) is 21.4 Å². The Bertz CT molecular complexity index is 827. The van der Waals surface area contributed by atoms with Crippen LogP contribution in [0.2, 0.25) is 0 Å². The molecule has 1 N–H and O–H groups in total. The van der Waals surface area contributed by atoms with Gasteiger partial charge in [0.15, 0.2) is 0 Å². The number of nitrogens with zero attached hydrogens (tertiary/aromatic N) is 2. The van der Waals surface area contributed by atoms with Crippen LogP contribution in [-0.2, 0) is 7.05 Å². The molecule has 0 saturated carbocycles. The topological polar surface area (TPSA) is 60.1 Å². The number of nitro groups is 1. The molecule has 2 aromatic rings. The summed E-state index contributed by atoms with van der Waals surface area (Å²) in [5, 5.41) is 15.7. The smallest absolute Gasteiger partial charge is 0.270 e. The molecule has 0 aliphatic carbocycles. The van der Waals surface area contributed by atoms with Gasteiger partial charge in [0.25, 0.3) is 5.69 Å². The molecule has 2 unspecified atom stereocenters. The van der Waals surface area contributed by atoms with Crippen LogP contribution in [-0.4, -0.2) is 22.1 Å². The minimum atomic E-state index is -0.325. The second-order valence-corrected chi connectivity index (χ2v) is 7.81. The van der Waals surface area contributed by atoms with Gasteiger partial charge < -0.3 is 9.88 Å². The van der Waals surface area contributed by atoms with E-state index in [4.69, 9.17) is 0 Å². The number of rotatable bonds is 2. The van der Waals surface area contributed by atoms with Crippen LogP contribution >= 0.6 is 0 Å². The van der Waals surface area contributed by atoms with E-state index in [-0.39, 0.29) is 16.0 Å². The van der Waals surface area contributed by atoms with Gasteiger partial charge in [-0.3, -0.25) is 10.1 Å². The Morgan fingerprint density at radius 1 is 1.33 bits per heavy atom. The fourth-order valence-corrected chi connectivity index (χ4v) is 3.97. The van der Waals surface area contributed by atoms with Gasteiger partial charge >= 0.3 is 0 Å². The van der Waals surface area contributed by atoms with Crippen LogP contribution in [0.1, 0.15) is 33.3 Å². The quantitative estimate of drug-likeness (QED) is 0.666. The van der Waals surface area contributed by atoms with E-state index in [1.165, 1.54) is 5.57 Å². The number of non-ortho nitro benzene ring substituents is 1. The maximum atomic E-state index is 11.2. The number of nitrogens with one attached hydrogen (secondary N) is 1. The van der Waals surface area contributed by atoms with E-state index in [2.05, 4.69) is 49.9 Å². The first kappa shape index (κ1) is 16.7. The molecule has 0 saturated heterocycles. The van der Waals surface area contributed by atoms with Crippen molar-refractivity contribution in [1.29, 1.82) is 0 Å². The third-order valence-electron chi connectivity index (χ3n) is 5.08. The summed E-state index contributed by atoms with van der Waals surface area (Å²) in [6, 6.07) is 5.48. The first-order valence-electron chi connectivity index (χ1n) is 8.37. The van der Waals surface area contributed by atoms with Gasteiger partial charge in [-0.2, -0.15) is 0 Å². The average molecular weight is 327 g/mol. The highest BCUT2D eigenvalue weighted by atomic mass is 16.6. The van der Waals surface area contributed by atoms with Crippen LogP contribution in [0.4, 0.5) is 5.69 Å². The zero-order chi connectivity index (χ0) is 17.6. The van der Waals surface area contributed by atoms with E-state index < -0.39 is 0 Å². The molecule has 24 heavy (non-hydrogen) atoms. The fraction of sp³-hybridized carbons (Fsp3) is 0.474. The van der Waals surface area contributed by atoms with Crippen molar-refractivity contribution in [3.05, 3.63) is 46.1 Å². The lowest BCUT2D eigenvalue weighted by Crippen LogP contribution is -2.47. The summed E-state index contributed by atoms with van der Waals surface area (Å²) in [4.78, 5) is 10.8. The zero-order valence-electron chi connectivity index (χ0n) is 15.0. The van der Waals surface area contributed by atoms with Crippen molar-refractivity contribution in [3.8, 4) is 0 Å². The summed E-state index contributed by atoms with van der Waals surface area (Å²) >= 11 is 0. The highest BCUT2D eigenvalue weighted by Crippen LogP contribution is 2.39. The Kier molecular flexibility index (Phi) is 4.00. The number of hydrogen-bond donors (Lipinski definition) is 1. The summed E-state index contributed by atoms with van der Waals surface area (Å²) in [7, 11) is 1.99. The molecule has 0 bridgehead atoms. The van der Waals surface area contributed by atoms with Crippen LogP contribution in [0.3, 0.4) is 0 Å². The second-order valence-electron chi connectivity index (χ2n) is 7.81. The third-order valence-corrected chi connectivity index (χ3v) is 5.08. The minimum absolute atomic E-state index is 0.143. The molecule has 1 aliphatic heterocycles. The van der Waals surface area contributed by atoms with Gasteiger partial charge in [-0.15, -0.1) is 0 Å². The van der Waals surface area contributed by atoms with Crippen LogP contribution in [0.5, 0.6) is 0 Å². The molecule has 0 spiro atoms. The van der Waals surface area contributed by atoms with Crippen molar-refractivity contribution in [2.45, 2.75) is 33.7 Å². The monoisotopic (exact) mass is 327 g/mol. The lowest BCUT2D eigenvalue weighted by molar-refractivity contribution is -0.384. The Labute approximate surface area is 142 Å². The largest absolute Gasteiger partial charge is 0.350 e. The van der Waals surface area contributed by atoms with Crippen molar-refractivity contribution in [3.63, 3.8) is 0 Å². The average Bonchev–Trinajstić information content (AvgIpc) is 2.83. The lowest BCUT2D eigenvalue weighted by atomic mass is 9.73. The Morgan fingerprint density at radius 2 is 2.04 bits per heavy atom. The SMILES string of the molecule is CC1C(c2cn(C)c3ccc([N+](=O)[O-])cc23)=CCNC1C(C)(C)C. The van der Waals surface area contributed by atoms with Crippen molar-refractivity contribution in [1.82, 2.24) is 9.88 Å². The summed E-state index contributed by atoms with van der Waals surface area (Å²) in [6.45, 7) is 9.81. The van der Waals surface area contributed by atoms with Gasteiger partial charge in [-0.05, 0) is 23.0 Å². The maximum absolute atomic E-state index is 11.2. The van der Waals surface area contributed by atoms with E-state index >= 15 is 0 Å². The van der Waals surface area contributed by atoms with Gasteiger partial charge in [0, 0.05) is 54.4 Å². The number of aromatic nitrogens is 1. The molecule has 0 fully saturated rings. The highest BCUT2D eigenvalue weighted by Gasteiger charge is 2.34. The van der Waals surface area contributed by atoms with E-state index in [9.17, 15) is 10.1 Å². The molecular weight excluding hydrogens is 302 g/mol. The van der Waals surface area contributed by atoms with E-state index in [1.807, 2.05) is 13.1 Å². The predicted molar refractivity (Wildman–Crippen MR) is 98.0 cm³/mol. The number of nitro benzene ring substituents is 1. The van der Waals surface area contributed by atoms with Crippen molar-refractivity contribution in [2.24, 2.45) is 18.4 Å². The zero-order valence-corrected chi connectivity index (χ0v) is 15.0. The predicted octanol–water partition coefficient (Wildman–Crippen LogP) is 4.12. The van der Waals surface area contributed by atoms with Crippen molar-refractivity contribution in [2.75, 3.05) is 6.54 Å². The van der Waals surface area contributed by atoms with Gasteiger partial charge in [0.2, 0.25) is 0 Å². The molecule has 128 valence electrons. The Hall–Kier alpha value is -2.14. The number of hydrogen-bond acceptors (Lipinski definition) is 3. The Balaban J connectivity index is 2.13. The molecule has 5 heteroatoms. The number of benzene rings is 1. The minimum Gasteiger partial charge on any atom is -0.350 e. The lowest BCUT2D eigenvalue weighted by Gasteiger charge is -2.40. The molecule has 0 radical (unpaired) electrons. The summed E-state index contributed by atoms with van der Waals surface area (Å²) in [5.74, 6) is 0.337. The van der Waals surface area contributed by atoms with Gasteiger partial charge in [0.05, 0.1) is 4.92 Å². The van der Waals surface area contributed by atoms with Crippen LogP contribution in [0.25, 0.3) is 16.5 Å². The van der Waals surface area contributed by atoms with Crippen molar-refractivity contribution >= 4 is 22.2 Å². The second kappa shape index (κ2) is 5.74. The number of aryl methyl sites for hydroxylation is 1. The van der Waals surface area contributed by atoms with Gasteiger partial charge in [0.1, 0.15) is 0 Å².